The second-order valence-corrected chi connectivity index (χ2v) is 4.89. The van der Waals surface area contributed by atoms with E-state index < -0.39 is 0 Å². The van der Waals surface area contributed by atoms with Crippen LogP contribution >= 0.6 is 11.3 Å². The molecule has 2 unspecified atom stereocenters. The van der Waals surface area contributed by atoms with Crippen LogP contribution in [0.5, 0.6) is 0 Å². The smallest absolute Gasteiger partial charge is 0.0794 e. The van der Waals surface area contributed by atoms with Crippen molar-refractivity contribution in [2.24, 2.45) is 11.7 Å². The zero-order chi connectivity index (χ0) is 9.97. The van der Waals surface area contributed by atoms with Gasteiger partial charge in [0.2, 0.25) is 0 Å². The molecule has 1 saturated heterocycles. The molecule has 3 nitrogen and oxygen atoms in total. The molecule has 2 heterocycles. The Balaban J connectivity index is 2.19. The maximum absolute atomic E-state index is 5.82. The van der Waals surface area contributed by atoms with Crippen LogP contribution in [0.4, 0.5) is 0 Å². The summed E-state index contributed by atoms with van der Waals surface area (Å²) in [4.78, 5) is 7.93. The normalized spacial score (nSPS) is 29.3. The Kier molecular flexibility index (Phi) is 3.15. The van der Waals surface area contributed by atoms with Crippen molar-refractivity contribution >= 4 is 11.3 Å². The van der Waals surface area contributed by atoms with E-state index in [0.29, 0.717) is 12.0 Å². The fourth-order valence-electron chi connectivity index (χ4n) is 2.33. The van der Waals surface area contributed by atoms with Gasteiger partial charge >= 0.3 is 0 Å². The highest BCUT2D eigenvalue weighted by molar-refractivity contribution is 7.09. The number of rotatable bonds is 2. The molecule has 78 valence electrons. The average Bonchev–Trinajstić information content (AvgIpc) is 2.70. The Bertz CT molecular complexity index is 273. The van der Waals surface area contributed by atoms with Crippen LogP contribution in [0.15, 0.2) is 11.7 Å². The van der Waals surface area contributed by atoms with Crippen molar-refractivity contribution in [1.82, 2.24) is 9.88 Å². The summed E-state index contributed by atoms with van der Waals surface area (Å²) in [5.74, 6) is 0.606. The lowest BCUT2D eigenvalue weighted by molar-refractivity contribution is 0.128. The first-order valence-corrected chi connectivity index (χ1v) is 5.99. The third-order valence-corrected chi connectivity index (χ3v) is 3.90. The Morgan fingerprint density at radius 3 is 3.21 bits per heavy atom. The first-order valence-electron chi connectivity index (χ1n) is 5.11. The van der Waals surface area contributed by atoms with Crippen molar-refractivity contribution in [3.63, 3.8) is 0 Å². The van der Waals surface area contributed by atoms with E-state index in [1.807, 2.05) is 11.7 Å². The molecule has 4 heteroatoms. The van der Waals surface area contributed by atoms with Crippen molar-refractivity contribution in [2.75, 3.05) is 20.1 Å². The van der Waals surface area contributed by atoms with Crippen LogP contribution in [0.2, 0.25) is 0 Å². The van der Waals surface area contributed by atoms with E-state index in [-0.39, 0.29) is 0 Å². The highest BCUT2D eigenvalue weighted by Crippen LogP contribution is 2.35. The van der Waals surface area contributed by atoms with Crippen LogP contribution in [0, 0.1) is 5.92 Å². The van der Waals surface area contributed by atoms with Gasteiger partial charge in [0.25, 0.3) is 0 Å². The average molecular weight is 211 g/mol. The molecule has 0 saturated carbocycles. The standard InChI is InChI=1S/C10H17N3S/c1-13-4-2-3-8(5-11)10(13)9-6-12-7-14-9/h6-8,10H,2-5,11H2,1H3. The van der Waals surface area contributed by atoms with Crippen molar-refractivity contribution in [1.29, 1.82) is 0 Å². The summed E-state index contributed by atoms with van der Waals surface area (Å²) >= 11 is 1.74. The quantitative estimate of drug-likeness (QED) is 0.806. The van der Waals surface area contributed by atoms with E-state index in [2.05, 4.69) is 16.9 Å². The van der Waals surface area contributed by atoms with Gasteiger partial charge in [-0.25, -0.2) is 0 Å². The topological polar surface area (TPSA) is 42.1 Å². The summed E-state index contributed by atoms with van der Waals surface area (Å²) in [5, 5.41) is 0. The van der Waals surface area contributed by atoms with E-state index >= 15 is 0 Å². The second kappa shape index (κ2) is 4.38. The summed E-state index contributed by atoms with van der Waals surface area (Å²) in [7, 11) is 2.19. The number of aromatic nitrogens is 1. The molecule has 0 spiro atoms. The van der Waals surface area contributed by atoms with E-state index in [1.54, 1.807) is 11.3 Å². The Labute approximate surface area is 88.9 Å². The van der Waals surface area contributed by atoms with Crippen LogP contribution in [0.25, 0.3) is 0 Å². The molecule has 1 aromatic rings. The maximum Gasteiger partial charge on any atom is 0.0794 e. The Morgan fingerprint density at radius 2 is 2.57 bits per heavy atom. The number of piperidine rings is 1. The lowest BCUT2D eigenvalue weighted by atomic mass is 9.89. The number of hydrogen-bond donors (Lipinski definition) is 1. The molecule has 2 rings (SSSR count). The van der Waals surface area contributed by atoms with Gasteiger partial charge in [0, 0.05) is 17.1 Å². The van der Waals surface area contributed by atoms with Crippen molar-refractivity contribution in [3.05, 3.63) is 16.6 Å². The lowest BCUT2D eigenvalue weighted by Gasteiger charge is -2.37. The van der Waals surface area contributed by atoms with Crippen LogP contribution < -0.4 is 5.73 Å². The highest BCUT2D eigenvalue weighted by Gasteiger charge is 2.30. The maximum atomic E-state index is 5.82. The molecule has 1 aromatic heterocycles. The molecule has 1 aliphatic heterocycles. The van der Waals surface area contributed by atoms with Gasteiger partial charge in [-0.05, 0) is 38.9 Å². The second-order valence-electron chi connectivity index (χ2n) is 3.97. The number of thiazole rings is 1. The molecular formula is C10H17N3S. The minimum absolute atomic E-state index is 0.501. The molecule has 0 aromatic carbocycles. The lowest BCUT2D eigenvalue weighted by Crippen LogP contribution is -2.38. The summed E-state index contributed by atoms with van der Waals surface area (Å²) in [5.41, 5.74) is 7.73. The van der Waals surface area contributed by atoms with Crippen LogP contribution in [0.1, 0.15) is 23.8 Å². The largest absolute Gasteiger partial charge is 0.330 e. The number of likely N-dealkylation sites (tertiary alicyclic amines) is 1. The SMILES string of the molecule is CN1CCCC(CN)C1c1cncs1. The molecular weight excluding hydrogens is 194 g/mol. The van der Waals surface area contributed by atoms with Gasteiger partial charge in [-0.3, -0.25) is 9.88 Å². The molecule has 0 aliphatic carbocycles. The molecule has 2 atom stereocenters. The van der Waals surface area contributed by atoms with E-state index in [1.165, 1.54) is 24.3 Å². The van der Waals surface area contributed by atoms with Crippen LogP contribution in [0.3, 0.4) is 0 Å². The van der Waals surface area contributed by atoms with Gasteiger partial charge in [-0.2, -0.15) is 0 Å². The number of hydrogen-bond acceptors (Lipinski definition) is 4. The number of nitrogens with two attached hydrogens (primary N) is 1. The zero-order valence-corrected chi connectivity index (χ0v) is 9.33. The van der Waals surface area contributed by atoms with Gasteiger partial charge in [0.15, 0.2) is 0 Å². The summed E-state index contributed by atoms with van der Waals surface area (Å²) in [6.07, 6.45) is 4.51. The zero-order valence-electron chi connectivity index (χ0n) is 8.52. The molecule has 0 amide bonds. The Morgan fingerprint density at radius 1 is 1.71 bits per heavy atom. The highest BCUT2D eigenvalue weighted by atomic mass is 32.1. The van der Waals surface area contributed by atoms with Gasteiger partial charge in [0.1, 0.15) is 0 Å². The summed E-state index contributed by atoms with van der Waals surface area (Å²) < 4.78 is 0. The monoisotopic (exact) mass is 211 g/mol. The third kappa shape index (κ3) is 1.82. The first-order chi connectivity index (χ1) is 6.83. The van der Waals surface area contributed by atoms with Crippen molar-refractivity contribution in [3.8, 4) is 0 Å². The molecule has 14 heavy (non-hydrogen) atoms. The van der Waals surface area contributed by atoms with Gasteiger partial charge < -0.3 is 5.73 Å². The predicted octanol–water partition coefficient (Wildman–Crippen LogP) is 1.48. The van der Waals surface area contributed by atoms with Crippen LogP contribution in [-0.2, 0) is 0 Å². The fourth-order valence-corrected chi connectivity index (χ4v) is 3.20. The molecule has 0 radical (unpaired) electrons. The summed E-state index contributed by atoms with van der Waals surface area (Å²) in [6, 6.07) is 0.501. The third-order valence-electron chi connectivity index (χ3n) is 3.05. The van der Waals surface area contributed by atoms with Gasteiger partial charge in [-0.15, -0.1) is 11.3 Å². The fraction of sp³-hybridized carbons (Fsp3) is 0.700. The van der Waals surface area contributed by atoms with Gasteiger partial charge in [-0.1, -0.05) is 0 Å². The van der Waals surface area contributed by atoms with Crippen molar-refractivity contribution < 1.29 is 0 Å². The molecule has 1 aliphatic rings. The summed E-state index contributed by atoms with van der Waals surface area (Å²) in [6.45, 7) is 1.96. The van der Waals surface area contributed by atoms with E-state index in [9.17, 15) is 0 Å². The molecule has 2 N–H and O–H groups in total. The molecule has 0 bridgehead atoms. The first kappa shape index (κ1) is 10.1. The van der Waals surface area contributed by atoms with Gasteiger partial charge in [0.05, 0.1) is 5.51 Å². The molecule has 1 fully saturated rings. The minimum atomic E-state index is 0.501. The van der Waals surface area contributed by atoms with Crippen molar-refractivity contribution in [2.45, 2.75) is 18.9 Å². The number of nitrogens with zero attached hydrogens (tertiary/aromatic N) is 2. The predicted molar refractivity (Wildman–Crippen MR) is 59.3 cm³/mol. The minimum Gasteiger partial charge on any atom is -0.330 e. The Hall–Kier alpha value is -0.450. The van der Waals surface area contributed by atoms with E-state index in [0.717, 1.165) is 6.54 Å². The van der Waals surface area contributed by atoms with Crippen LogP contribution in [-0.4, -0.2) is 30.0 Å². The van der Waals surface area contributed by atoms with E-state index in [4.69, 9.17) is 5.73 Å².